The van der Waals surface area contributed by atoms with Gasteiger partial charge in [0.25, 0.3) is 0 Å². The van der Waals surface area contributed by atoms with Crippen LogP contribution in [0.25, 0.3) is 0 Å². The largest absolute Gasteiger partial charge is 0.497 e. The molecule has 7 nitrogen and oxygen atoms in total. The lowest BCUT2D eigenvalue weighted by Gasteiger charge is -2.36. The van der Waals surface area contributed by atoms with E-state index in [0.29, 0.717) is 32.6 Å². The van der Waals surface area contributed by atoms with E-state index in [0.717, 1.165) is 31.1 Å². The molecule has 0 N–H and O–H groups in total. The molecule has 1 atom stereocenters. The van der Waals surface area contributed by atoms with Crippen molar-refractivity contribution in [2.24, 2.45) is 5.92 Å². The summed E-state index contributed by atoms with van der Waals surface area (Å²) in [5.41, 5.74) is 1.24. The average molecular weight is 397 g/mol. The van der Waals surface area contributed by atoms with E-state index in [1.165, 1.54) is 5.56 Å². The third kappa shape index (κ3) is 4.62. The number of piperazine rings is 1. The van der Waals surface area contributed by atoms with Crippen molar-refractivity contribution in [3.05, 3.63) is 54.0 Å². The van der Waals surface area contributed by atoms with Gasteiger partial charge < -0.3 is 19.0 Å². The van der Waals surface area contributed by atoms with Crippen LogP contribution in [-0.4, -0.2) is 66.3 Å². The van der Waals surface area contributed by atoms with Gasteiger partial charge in [0.2, 0.25) is 11.8 Å². The van der Waals surface area contributed by atoms with E-state index in [-0.39, 0.29) is 17.7 Å². The van der Waals surface area contributed by atoms with Crippen LogP contribution < -0.4 is 4.74 Å². The summed E-state index contributed by atoms with van der Waals surface area (Å²) in [6.45, 7) is 4.87. The van der Waals surface area contributed by atoms with Gasteiger partial charge in [-0.05, 0) is 29.8 Å². The number of carbonyl (C=O) groups excluding carboxylic acids is 2. The quantitative estimate of drug-likeness (QED) is 0.746. The highest BCUT2D eigenvalue weighted by Crippen LogP contribution is 2.23. The van der Waals surface area contributed by atoms with Gasteiger partial charge in [-0.2, -0.15) is 0 Å². The number of hydrogen-bond acceptors (Lipinski definition) is 5. The molecule has 2 aliphatic heterocycles. The van der Waals surface area contributed by atoms with Gasteiger partial charge in [-0.15, -0.1) is 0 Å². The molecule has 1 unspecified atom stereocenters. The Balaban J connectivity index is 1.26. The summed E-state index contributed by atoms with van der Waals surface area (Å²) >= 11 is 0. The third-order valence-corrected chi connectivity index (χ3v) is 5.74. The molecule has 1 aromatic heterocycles. The first-order chi connectivity index (χ1) is 14.1. The van der Waals surface area contributed by atoms with E-state index in [2.05, 4.69) is 17.0 Å². The highest BCUT2D eigenvalue weighted by Gasteiger charge is 2.37. The first kappa shape index (κ1) is 19.5. The molecule has 0 spiro atoms. The lowest BCUT2D eigenvalue weighted by molar-refractivity contribution is -0.137. The van der Waals surface area contributed by atoms with Gasteiger partial charge in [0, 0.05) is 45.7 Å². The zero-order valence-corrected chi connectivity index (χ0v) is 16.8. The fraction of sp³-hybridized carbons (Fsp3) is 0.455. The van der Waals surface area contributed by atoms with Gasteiger partial charge in [0.15, 0.2) is 0 Å². The molecular formula is C22H27N3O4. The average Bonchev–Trinajstić information content (AvgIpc) is 3.39. The lowest BCUT2D eigenvalue weighted by atomic mass is 10.1. The molecule has 154 valence electrons. The predicted molar refractivity (Wildman–Crippen MR) is 107 cm³/mol. The van der Waals surface area contributed by atoms with E-state index in [4.69, 9.17) is 9.15 Å². The maximum atomic E-state index is 12.9. The minimum Gasteiger partial charge on any atom is -0.497 e. The predicted octanol–water partition coefficient (Wildman–Crippen LogP) is 1.98. The standard InChI is InChI=1S/C22H27N3O4/c1-28-19-6-4-17(5-7-19)14-23-8-10-24(11-9-23)22(27)18-13-21(26)25(15-18)16-20-3-2-12-29-20/h2-7,12,18H,8-11,13-16H2,1H3. The Morgan fingerprint density at radius 3 is 2.52 bits per heavy atom. The second kappa shape index (κ2) is 8.69. The summed E-state index contributed by atoms with van der Waals surface area (Å²) in [5.74, 6) is 1.49. The Labute approximate surface area is 170 Å². The molecule has 7 heteroatoms. The van der Waals surface area contributed by atoms with Crippen LogP contribution in [0.5, 0.6) is 5.75 Å². The summed E-state index contributed by atoms with van der Waals surface area (Å²) < 4.78 is 10.5. The maximum absolute atomic E-state index is 12.9. The molecule has 0 radical (unpaired) electrons. The first-order valence-corrected chi connectivity index (χ1v) is 10.1. The summed E-state index contributed by atoms with van der Waals surface area (Å²) in [6.07, 6.45) is 1.90. The number of furan rings is 1. The number of likely N-dealkylation sites (tertiary alicyclic amines) is 1. The number of ether oxygens (including phenoxy) is 1. The molecule has 2 aromatic rings. The zero-order chi connectivity index (χ0) is 20.2. The number of amides is 2. The minimum atomic E-state index is -0.245. The van der Waals surface area contributed by atoms with E-state index >= 15 is 0 Å². The Morgan fingerprint density at radius 1 is 1.10 bits per heavy atom. The Bertz CT molecular complexity index is 826. The molecule has 29 heavy (non-hydrogen) atoms. The molecular weight excluding hydrogens is 370 g/mol. The number of methoxy groups -OCH3 is 1. The van der Waals surface area contributed by atoms with Crippen LogP contribution in [0.3, 0.4) is 0 Å². The van der Waals surface area contributed by atoms with Crippen LogP contribution in [0.4, 0.5) is 0 Å². The van der Waals surface area contributed by atoms with Crippen molar-refractivity contribution in [3.63, 3.8) is 0 Å². The maximum Gasteiger partial charge on any atom is 0.228 e. The Morgan fingerprint density at radius 2 is 1.86 bits per heavy atom. The van der Waals surface area contributed by atoms with Crippen LogP contribution in [0.15, 0.2) is 47.1 Å². The molecule has 2 saturated heterocycles. The van der Waals surface area contributed by atoms with Crippen molar-refractivity contribution >= 4 is 11.8 Å². The van der Waals surface area contributed by atoms with Gasteiger partial charge in [0.1, 0.15) is 11.5 Å². The Hall–Kier alpha value is -2.80. The number of benzene rings is 1. The molecule has 0 aliphatic carbocycles. The van der Waals surface area contributed by atoms with Crippen LogP contribution in [0, 0.1) is 5.92 Å². The van der Waals surface area contributed by atoms with E-state index < -0.39 is 0 Å². The van der Waals surface area contributed by atoms with Crippen LogP contribution >= 0.6 is 0 Å². The van der Waals surface area contributed by atoms with Crippen molar-refractivity contribution in [2.45, 2.75) is 19.5 Å². The lowest BCUT2D eigenvalue weighted by Crippen LogP contribution is -2.50. The third-order valence-electron chi connectivity index (χ3n) is 5.74. The van der Waals surface area contributed by atoms with Crippen LogP contribution in [-0.2, 0) is 22.7 Å². The van der Waals surface area contributed by atoms with Crippen LogP contribution in [0.1, 0.15) is 17.7 Å². The number of carbonyl (C=O) groups is 2. The van der Waals surface area contributed by atoms with Crippen molar-refractivity contribution < 1.29 is 18.7 Å². The number of nitrogens with zero attached hydrogens (tertiary/aromatic N) is 3. The molecule has 3 heterocycles. The SMILES string of the molecule is COc1ccc(CN2CCN(C(=O)C3CC(=O)N(Cc4ccco4)C3)CC2)cc1. The zero-order valence-electron chi connectivity index (χ0n) is 16.8. The molecule has 0 bridgehead atoms. The van der Waals surface area contributed by atoms with Crippen molar-refractivity contribution in [1.29, 1.82) is 0 Å². The summed E-state index contributed by atoms with van der Waals surface area (Å²) in [5, 5.41) is 0. The minimum absolute atomic E-state index is 0.0258. The highest BCUT2D eigenvalue weighted by molar-refractivity contribution is 5.89. The number of rotatable bonds is 6. The monoisotopic (exact) mass is 397 g/mol. The second-order valence-corrected chi connectivity index (χ2v) is 7.70. The highest BCUT2D eigenvalue weighted by atomic mass is 16.5. The van der Waals surface area contributed by atoms with Gasteiger partial charge in [-0.1, -0.05) is 12.1 Å². The second-order valence-electron chi connectivity index (χ2n) is 7.70. The van der Waals surface area contributed by atoms with Crippen LogP contribution in [0.2, 0.25) is 0 Å². The van der Waals surface area contributed by atoms with Gasteiger partial charge in [-0.3, -0.25) is 14.5 Å². The Kier molecular flexibility index (Phi) is 5.85. The van der Waals surface area contributed by atoms with Gasteiger partial charge >= 0.3 is 0 Å². The summed E-state index contributed by atoms with van der Waals surface area (Å²) in [4.78, 5) is 31.2. The van der Waals surface area contributed by atoms with Crippen molar-refractivity contribution in [2.75, 3.05) is 39.8 Å². The van der Waals surface area contributed by atoms with Crippen molar-refractivity contribution in [3.8, 4) is 5.75 Å². The normalized spacial score (nSPS) is 20.3. The molecule has 2 fully saturated rings. The van der Waals surface area contributed by atoms with E-state index in [1.807, 2.05) is 29.2 Å². The molecule has 0 saturated carbocycles. The smallest absolute Gasteiger partial charge is 0.228 e. The van der Waals surface area contributed by atoms with Gasteiger partial charge in [-0.25, -0.2) is 0 Å². The summed E-state index contributed by atoms with van der Waals surface area (Å²) in [6, 6.07) is 11.8. The molecule has 2 aliphatic rings. The first-order valence-electron chi connectivity index (χ1n) is 10.1. The summed E-state index contributed by atoms with van der Waals surface area (Å²) in [7, 11) is 1.67. The van der Waals surface area contributed by atoms with Gasteiger partial charge in [0.05, 0.1) is 25.8 Å². The topological polar surface area (TPSA) is 66.2 Å². The molecule has 2 amide bonds. The van der Waals surface area contributed by atoms with E-state index in [1.54, 1.807) is 18.3 Å². The molecule has 1 aromatic carbocycles. The van der Waals surface area contributed by atoms with E-state index in [9.17, 15) is 9.59 Å². The fourth-order valence-corrected chi connectivity index (χ4v) is 4.05. The number of hydrogen-bond donors (Lipinski definition) is 0. The van der Waals surface area contributed by atoms with Crippen molar-refractivity contribution in [1.82, 2.24) is 14.7 Å². The molecule has 4 rings (SSSR count). The fourth-order valence-electron chi connectivity index (χ4n) is 4.05.